The topological polar surface area (TPSA) is 25.2 Å². The third-order valence-electron chi connectivity index (χ3n) is 3.22. The zero-order valence-electron chi connectivity index (χ0n) is 10.2. The minimum atomic E-state index is 0.298. The Labute approximate surface area is 110 Å². The summed E-state index contributed by atoms with van der Waals surface area (Å²) in [5.74, 6) is 0. The minimum absolute atomic E-state index is 0.298. The Morgan fingerprint density at radius 1 is 1.22 bits per heavy atom. The van der Waals surface area contributed by atoms with Crippen molar-refractivity contribution < 1.29 is 4.42 Å². The highest BCUT2D eigenvalue weighted by molar-refractivity contribution is 7.09. The number of fused-ring (bicyclic) bond motifs is 1. The molecule has 2 nitrogen and oxygen atoms in total. The summed E-state index contributed by atoms with van der Waals surface area (Å²) in [6.45, 7) is 0. The van der Waals surface area contributed by atoms with Gasteiger partial charge in [0.05, 0.1) is 6.26 Å². The van der Waals surface area contributed by atoms with E-state index in [2.05, 4.69) is 35.0 Å². The highest BCUT2D eigenvalue weighted by Crippen LogP contribution is 2.29. The second-order valence-corrected chi connectivity index (χ2v) is 5.34. The van der Waals surface area contributed by atoms with E-state index >= 15 is 0 Å². The Hall–Kier alpha value is -1.58. The molecule has 1 aromatic carbocycles. The van der Waals surface area contributed by atoms with Gasteiger partial charge in [0, 0.05) is 28.3 Å². The maximum absolute atomic E-state index is 5.61. The average Bonchev–Trinajstić information content (AvgIpc) is 3.05. The minimum Gasteiger partial charge on any atom is -0.464 e. The maximum atomic E-state index is 5.61. The van der Waals surface area contributed by atoms with Crippen molar-refractivity contribution in [3.8, 4) is 0 Å². The molecule has 1 unspecified atom stereocenters. The third-order valence-corrected chi connectivity index (χ3v) is 4.12. The van der Waals surface area contributed by atoms with E-state index < -0.39 is 0 Å². The van der Waals surface area contributed by atoms with Crippen LogP contribution in [0.2, 0.25) is 0 Å². The predicted octanol–water partition coefficient (Wildman–Crippen LogP) is 4.00. The molecule has 1 N–H and O–H groups in total. The predicted molar refractivity (Wildman–Crippen MR) is 76.0 cm³/mol. The fourth-order valence-corrected chi connectivity index (χ4v) is 3.02. The fraction of sp³-hybridized carbons (Fsp3) is 0.200. The van der Waals surface area contributed by atoms with Crippen molar-refractivity contribution >= 4 is 22.3 Å². The number of hydrogen-bond donors (Lipinski definition) is 1. The molecule has 3 rings (SSSR count). The van der Waals surface area contributed by atoms with Gasteiger partial charge in [-0.2, -0.15) is 0 Å². The van der Waals surface area contributed by atoms with Gasteiger partial charge < -0.3 is 9.73 Å². The zero-order chi connectivity index (χ0) is 12.4. The molecule has 0 aliphatic carbocycles. The number of para-hydroxylation sites is 1. The number of thiophene rings is 1. The largest absolute Gasteiger partial charge is 0.464 e. The second-order valence-electron chi connectivity index (χ2n) is 4.31. The first kappa shape index (κ1) is 11.5. The SMILES string of the molecule is CNC(Cc1cccs1)c1coc2ccccc12. The third kappa shape index (κ3) is 2.07. The Morgan fingerprint density at radius 3 is 2.89 bits per heavy atom. The van der Waals surface area contributed by atoms with E-state index in [1.165, 1.54) is 15.8 Å². The Balaban J connectivity index is 1.96. The van der Waals surface area contributed by atoms with Crippen LogP contribution in [0.5, 0.6) is 0 Å². The molecule has 3 heteroatoms. The summed E-state index contributed by atoms with van der Waals surface area (Å²) in [6, 6.07) is 12.8. The van der Waals surface area contributed by atoms with Crippen molar-refractivity contribution in [3.05, 3.63) is 58.5 Å². The number of likely N-dealkylation sites (N-methyl/N-ethyl adjacent to an activating group) is 1. The van der Waals surface area contributed by atoms with E-state index in [1.54, 1.807) is 11.3 Å². The van der Waals surface area contributed by atoms with Gasteiger partial charge >= 0.3 is 0 Å². The van der Waals surface area contributed by atoms with Crippen molar-refractivity contribution in [1.29, 1.82) is 0 Å². The number of nitrogens with one attached hydrogen (secondary N) is 1. The summed E-state index contributed by atoms with van der Waals surface area (Å²) in [5, 5.41) is 6.70. The number of furan rings is 1. The molecule has 0 spiro atoms. The molecule has 0 radical (unpaired) electrons. The number of benzene rings is 1. The molecule has 0 fully saturated rings. The Kier molecular flexibility index (Phi) is 3.17. The lowest BCUT2D eigenvalue weighted by molar-refractivity contribution is 0.566. The lowest BCUT2D eigenvalue weighted by atomic mass is 10.0. The fourth-order valence-electron chi connectivity index (χ4n) is 2.27. The molecule has 3 aromatic rings. The van der Waals surface area contributed by atoms with Crippen LogP contribution >= 0.6 is 11.3 Å². The van der Waals surface area contributed by atoms with E-state index in [4.69, 9.17) is 4.42 Å². The molecule has 0 aliphatic heterocycles. The average molecular weight is 257 g/mol. The Morgan fingerprint density at radius 2 is 2.11 bits per heavy atom. The summed E-state index contributed by atoms with van der Waals surface area (Å²) in [4.78, 5) is 1.39. The number of hydrogen-bond acceptors (Lipinski definition) is 3. The molecule has 0 saturated carbocycles. The van der Waals surface area contributed by atoms with E-state index in [1.807, 2.05) is 25.4 Å². The van der Waals surface area contributed by atoms with Gasteiger partial charge in [-0.3, -0.25) is 0 Å². The van der Waals surface area contributed by atoms with E-state index in [0.29, 0.717) is 6.04 Å². The van der Waals surface area contributed by atoms with Crippen LogP contribution in [0, 0.1) is 0 Å². The van der Waals surface area contributed by atoms with Crippen LogP contribution < -0.4 is 5.32 Å². The summed E-state index contributed by atoms with van der Waals surface area (Å²) in [5.41, 5.74) is 2.19. The normalized spacial score (nSPS) is 12.9. The van der Waals surface area contributed by atoms with Gasteiger partial charge in [-0.1, -0.05) is 24.3 Å². The summed E-state index contributed by atoms with van der Waals surface area (Å²) in [7, 11) is 2.00. The van der Waals surface area contributed by atoms with Crippen molar-refractivity contribution in [3.63, 3.8) is 0 Å². The van der Waals surface area contributed by atoms with Crippen LogP contribution in [0.25, 0.3) is 11.0 Å². The molecule has 0 saturated heterocycles. The zero-order valence-corrected chi connectivity index (χ0v) is 11.0. The molecule has 0 amide bonds. The molecular formula is C15H15NOS. The summed E-state index contributed by atoms with van der Waals surface area (Å²) >= 11 is 1.80. The molecule has 2 heterocycles. The molecule has 18 heavy (non-hydrogen) atoms. The molecule has 0 bridgehead atoms. The monoisotopic (exact) mass is 257 g/mol. The second kappa shape index (κ2) is 4.96. The van der Waals surface area contributed by atoms with Crippen LogP contribution in [0.1, 0.15) is 16.5 Å². The lowest BCUT2D eigenvalue weighted by Gasteiger charge is -2.13. The van der Waals surface area contributed by atoms with Crippen LogP contribution in [-0.2, 0) is 6.42 Å². The van der Waals surface area contributed by atoms with Crippen LogP contribution in [-0.4, -0.2) is 7.05 Å². The molecule has 2 aromatic heterocycles. The standard InChI is InChI=1S/C15H15NOS/c1-16-14(9-11-5-4-8-18-11)13-10-17-15-7-3-2-6-12(13)15/h2-8,10,14,16H,9H2,1H3. The van der Waals surface area contributed by atoms with Gasteiger partial charge in [0.1, 0.15) is 5.58 Å². The molecule has 92 valence electrons. The lowest BCUT2D eigenvalue weighted by Crippen LogP contribution is -2.17. The quantitative estimate of drug-likeness (QED) is 0.764. The van der Waals surface area contributed by atoms with Crippen molar-refractivity contribution in [2.75, 3.05) is 7.05 Å². The van der Waals surface area contributed by atoms with Gasteiger partial charge in [-0.05, 0) is 24.6 Å². The highest BCUT2D eigenvalue weighted by Gasteiger charge is 2.16. The van der Waals surface area contributed by atoms with E-state index in [-0.39, 0.29) is 0 Å². The molecule has 1 atom stereocenters. The maximum Gasteiger partial charge on any atom is 0.134 e. The number of rotatable bonds is 4. The van der Waals surface area contributed by atoms with Crippen molar-refractivity contribution in [1.82, 2.24) is 5.32 Å². The first-order chi connectivity index (χ1) is 8.88. The molecular weight excluding hydrogens is 242 g/mol. The first-order valence-corrected chi connectivity index (χ1v) is 6.92. The van der Waals surface area contributed by atoms with Gasteiger partial charge in [-0.15, -0.1) is 11.3 Å². The van der Waals surface area contributed by atoms with Crippen molar-refractivity contribution in [2.45, 2.75) is 12.5 Å². The van der Waals surface area contributed by atoms with E-state index in [9.17, 15) is 0 Å². The first-order valence-electron chi connectivity index (χ1n) is 6.04. The van der Waals surface area contributed by atoms with Gasteiger partial charge in [0.2, 0.25) is 0 Å². The summed E-state index contributed by atoms with van der Waals surface area (Å²) in [6.07, 6.45) is 2.87. The highest BCUT2D eigenvalue weighted by atomic mass is 32.1. The Bertz CT molecular complexity index is 627. The van der Waals surface area contributed by atoms with Crippen LogP contribution in [0.3, 0.4) is 0 Å². The molecule has 0 aliphatic rings. The smallest absolute Gasteiger partial charge is 0.134 e. The van der Waals surface area contributed by atoms with Crippen LogP contribution in [0.4, 0.5) is 0 Å². The van der Waals surface area contributed by atoms with Gasteiger partial charge in [-0.25, -0.2) is 0 Å². The van der Waals surface area contributed by atoms with Gasteiger partial charge in [0.15, 0.2) is 0 Å². The van der Waals surface area contributed by atoms with E-state index in [0.717, 1.165) is 12.0 Å². The van der Waals surface area contributed by atoms with Crippen molar-refractivity contribution in [2.24, 2.45) is 0 Å². The van der Waals surface area contributed by atoms with Gasteiger partial charge in [0.25, 0.3) is 0 Å². The summed E-state index contributed by atoms with van der Waals surface area (Å²) < 4.78 is 5.61. The van der Waals surface area contributed by atoms with Crippen LogP contribution in [0.15, 0.2) is 52.5 Å².